The third-order valence-corrected chi connectivity index (χ3v) is 7.52. The van der Waals surface area contributed by atoms with Crippen LogP contribution in [0.5, 0.6) is 0 Å². The van der Waals surface area contributed by atoms with E-state index in [1.807, 2.05) is 12.2 Å². The molecular weight excluding hydrogens is 388 g/mol. The summed E-state index contributed by atoms with van der Waals surface area (Å²) in [6.07, 6.45) is 5.87. The molecule has 0 spiro atoms. The Labute approximate surface area is 170 Å². The van der Waals surface area contributed by atoms with Crippen molar-refractivity contribution >= 4 is 34.8 Å². The number of carbonyl (C=O) groups is 4. The lowest BCUT2D eigenvalue weighted by atomic mass is 9.85. The van der Waals surface area contributed by atoms with Crippen LogP contribution in [0.3, 0.4) is 0 Å². The summed E-state index contributed by atoms with van der Waals surface area (Å²) in [5, 5.41) is 0. The second-order valence-corrected chi connectivity index (χ2v) is 8.86. The van der Waals surface area contributed by atoms with Crippen molar-refractivity contribution in [1.82, 2.24) is 9.80 Å². The fraction of sp³-hybridized carbons (Fsp3) is 0.455. The zero-order valence-corrected chi connectivity index (χ0v) is 15.9. The third-order valence-electron chi connectivity index (χ3n) is 7.52. The fourth-order valence-corrected chi connectivity index (χ4v) is 6.26. The molecule has 0 aromatic carbocycles. The summed E-state index contributed by atoms with van der Waals surface area (Å²) in [6.45, 7) is 0. The standard InChI is InChI=1S/C22H18N2O6/c25-19-15-11-5-6-12(29-11)16(15)20(26)23(19)9-3-1-2-4-10(9)24-21(27)17-13-7-8-14(30-13)18(17)22(24)28/h5-12,15-16H,1-4H2. The lowest BCUT2D eigenvalue weighted by molar-refractivity contribution is -0.147. The van der Waals surface area contributed by atoms with Gasteiger partial charge in [0.05, 0.1) is 47.3 Å². The number of likely N-dealkylation sites (tertiary alicyclic amines) is 1. The van der Waals surface area contributed by atoms with Gasteiger partial charge in [0.2, 0.25) is 11.8 Å². The summed E-state index contributed by atoms with van der Waals surface area (Å²) in [5.74, 6) is -2.19. The second kappa shape index (κ2) is 5.37. The number of benzene rings is 1. The summed E-state index contributed by atoms with van der Waals surface area (Å²) in [6, 6.07) is 2.39. The zero-order valence-electron chi connectivity index (χ0n) is 15.9. The number of furan rings is 2. The summed E-state index contributed by atoms with van der Waals surface area (Å²) in [7, 11) is 0. The smallest absolute Gasteiger partial charge is 0.265 e. The van der Waals surface area contributed by atoms with Gasteiger partial charge in [0, 0.05) is 0 Å². The number of nitrogens with zero attached hydrogens (tertiary/aromatic N) is 2. The van der Waals surface area contributed by atoms with Crippen LogP contribution < -0.4 is 0 Å². The van der Waals surface area contributed by atoms with Crippen molar-refractivity contribution in [3.63, 3.8) is 0 Å². The monoisotopic (exact) mass is 406 g/mol. The van der Waals surface area contributed by atoms with Gasteiger partial charge in [-0.1, -0.05) is 25.0 Å². The molecule has 152 valence electrons. The van der Waals surface area contributed by atoms with Crippen LogP contribution in [0.1, 0.15) is 46.4 Å². The lowest BCUT2D eigenvalue weighted by Crippen LogP contribution is -2.57. The molecule has 0 radical (unpaired) electrons. The summed E-state index contributed by atoms with van der Waals surface area (Å²) in [5.41, 5.74) is 1.45. The lowest BCUT2D eigenvalue weighted by Gasteiger charge is -2.41. The molecule has 6 heterocycles. The van der Waals surface area contributed by atoms with Crippen LogP contribution in [0.25, 0.3) is 11.2 Å². The van der Waals surface area contributed by atoms with E-state index < -0.39 is 23.9 Å². The fourth-order valence-electron chi connectivity index (χ4n) is 6.26. The maximum Gasteiger partial charge on any atom is 0.265 e. The molecule has 4 amide bonds. The van der Waals surface area contributed by atoms with Crippen molar-refractivity contribution < 1.29 is 28.3 Å². The molecule has 8 heteroatoms. The minimum atomic E-state index is -0.511. The number of fused-ring (bicyclic) bond motifs is 10. The average Bonchev–Trinajstić information content (AvgIpc) is 3.56. The van der Waals surface area contributed by atoms with Gasteiger partial charge >= 0.3 is 0 Å². The first-order valence-electron chi connectivity index (χ1n) is 10.5. The maximum atomic E-state index is 13.3. The Hall–Kier alpha value is -3.00. The van der Waals surface area contributed by atoms with E-state index in [4.69, 9.17) is 9.15 Å². The van der Waals surface area contributed by atoms with Crippen molar-refractivity contribution in [2.75, 3.05) is 0 Å². The van der Waals surface area contributed by atoms with Gasteiger partial charge in [-0.25, -0.2) is 0 Å². The van der Waals surface area contributed by atoms with E-state index in [9.17, 15) is 19.2 Å². The molecule has 6 unspecified atom stereocenters. The number of amides is 4. The molecule has 2 saturated heterocycles. The molecule has 5 aliphatic rings. The summed E-state index contributed by atoms with van der Waals surface area (Å²) in [4.78, 5) is 55.6. The van der Waals surface area contributed by atoms with Crippen molar-refractivity contribution in [2.45, 2.75) is 50.0 Å². The molecule has 30 heavy (non-hydrogen) atoms. The topological polar surface area (TPSA) is 97.1 Å². The Bertz CT molecular complexity index is 1100. The largest absolute Gasteiger partial charge is 0.456 e. The third kappa shape index (κ3) is 1.78. The molecule has 8 nitrogen and oxygen atoms in total. The van der Waals surface area contributed by atoms with E-state index in [0.717, 1.165) is 12.8 Å². The molecule has 1 saturated carbocycles. The van der Waals surface area contributed by atoms with E-state index in [1.165, 1.54) is 9.80 Å². The Kier molecular flexibility index (Phi) is 3.00. The van der Waals surface area contributed by atoms with Crippen LogP contribution in [0.15, 0.2) is 28.7 Å². The van der Waals surface area contributed by atoms with Crippen molar-refractivity contribution in [3.05, 3.63) is 35.4 Å². The van der Waals surface area contributed by atoms with Crippen molar-refractivity contribution in [1.29, 1.82) is 0 Å². The Balaban J connectivity index is 1.26. The van der Waals surface area contributed by atoms with Gasteiger partial charge in [0.15, 0.2) is 0 Å². The summed E-state index contributed by atoms with van der Waals surface area (Å²) < 4.78 is 11.2. The molecule has 2 aromatic heterocycles. The number of ether oxygens (including phenoxy) is 1. The number of hydrogen-bond acceptors (Lipinski definition) is 6. The zero-order chi connectivity index (χ0) is 20.3. The van der Waals surface area contributed by atoms with Crippen molar-refractivity contribution in [2.24, 2.45) is 11.8 Å². The molecule has 7 rings (SSSR count). The predicted molar refractivity (Wildman–Crippen MR) is 101 cm³/mol. The first-order chi connectivity index (χ1) is 14.6. The number of carbonyl (C=O) groups excluding carboxylic acids is 4. The van der Waals surface area contributed by atoms with E-state index in [2.05, 4.69) is 0 Å². The van der Waals surface area contributed by atoms with E-state index in [-0.39, 0.29) is 35.8 Å². The minimum absolute atomic E-state index is 0.229. The van der Waals surface area contributed by atoms with Crippen LogP contribution in [0.4, 0.5) is 0 Å². The molecule has 0 N–H and O–H groups in total. The Morgan fingerprint density at radius 2 is 1.23 bits per heavy atom. The quantitative estimate of drug-likeness (QED) is 0.557. The van der Waals surface area contributed by atoms with Gasteiger partial charge in [-0.2, -0.15) is 0 Å². The van der Waals surface area contributed by atoms with E-state index >= 15 is 0 Å². The highest BCUT2D eigenvalue weighted by atomic mass is 16.5. The molecule has 2 aromatic rings. The summed E-state index contributed by atoms with van der Waals surface area (Å²) >= 11 is 0. The molecule has 6 atom stereocenters. The predicted octanol–water partition coefficient (Wildman–Crippen LogP) is 1.72. The van der Waals surface area contributed by atoms with Gasteiger partial charge < -0.3 is 9.15 Å². The van der Waals surface area contributed by atoms with Gasteiger partial charge in [-0.3, -0.25) is 29.0 Å². The van der Waals surface area contributed by atoms with Crippen molar-refractivity contribution in [3.8, 4) is 0 Å². The van der Waals surface area contributed by atoms with Gasteiger partial charge in [-0.05, 0) is 25.0 Å². The number of hydrogen-bond donors (Lipinski definition) is 0. The average molecular weight is 406 g/mol. The SMILES string of the molecule is O=C1c2c(c3ccc2o3)C(=O)N1C1CCCCC1N1C(=O)C2C3C=CC(O3)C2C1=O. The highest BCUT2D eigenvalue weighted by Crippen LogP contribution is 2.47. The van der Waals surface area contributed by atoms with E-state index in [1.54, 1.807) is 12.1 Å². The van der Waals surface area contributed by atoms with Gasteiger partial charge in [0.25, 0.3) is 11.8 Å². The number of imide groups is 2. The minimum Gasteiger partial charge on any atom is -0.456 e. The highest BCUT2D eigenvalue weighted by Gasteiger charge is 2.63. The Morgan fingerprint density at radius 1 is 0.733 bits per heavy atom. The number of rotatable bonds is 2. The Morgan fingerprint density at radius 3 is 1.77 bits per heavy atom. The molecule has 1 aliphatic carbocycles. The van der Waals surface area contributed by atoms with Crippen LogP contribution in [0, 0.1) is 11.8 Å². The normalized spacial score (nSPS) is 37.3. The first-order valence-corrected chi connectivity index (χ1v) is 10.5. The molecular formula is C22H18N2O6. The first kappa shape index (κ1) is 16.8. The van der Waals surface area contributed by atoms with Gasteiger partial charge in [-0.15, -0.1) is 0 Å². The van der Waals surface area contributed by atoms with Crippen LogP contribution in [-0.2, 0) is 14.3 Å². The van der Waals surface area contributed by atoms with Gasteiger partial charge in [0.1, 0.15) is 11.2 Å². The van der Waals surface area contributed by atoms with Crippen LogP contribution in [-0.4, -0.2) is 57.7 Å². The van der Waals surface area contributed by atoms with E-state index in [0.29, 0.717) is 35.1 Å². The van der Waals surface area contributed by atoms with Crippen LogP contribution >= 0.6 is 0 Å². The second-order valence-electron chi connectivity index (χ2n) is 8.86. The molecule has 3 fully saturated rings. The van der Waals surface area contributed by atoms with Crippen LogP contribution in [0.2, 0.25) is 0 Å². The molecule has 4 bridgehead atoms. The molecule has 4 aliphatic heterocycles. The highest BCUT2D eigenvalue weighted by molar-refractivity contribution is 6.28. The maximum absolute atomic E-state index is 13.3.